The van der Waals surface area contributed by atoms with Gasteiger partial charge in [-0.3, -0.25) is 4.90 Å². The number of fused-ring (bicyclic) bond motifs is 3. The van der Waals surface area contributed by atoms with Crippen LogP contribution in [-0.4, -0.2) is 18.2 Å². The Bertz CT molecular complexity index is 777. The summed E-state index contributed by atoms with van der Waals surface area (Å²) in [7, 11) is 0. The van der Waals surface area contributed by atoms with Crippen LogP contribution in [0.2, 0.25) is 0 Å². The van der Waals surface area contributed by atoms with Crippen molar-refractivity contribution in [3.8, 4) is 0 Å². The lowest BCUT2D eigenvalue weighted by Gasteiger charge is -2.25. The highest BCUT2D eigenvalue weighted by atomic mass is 35.5. The Balaban J connectivity index is 2.09. The third-order valence-corrected chi connectivity index (χ3v) is 4.05. The number of benzene rings is 2. The Morgan fingerprint density at radius 1 is 1.26 bits per heavy atom. The highest BCUT2D eigenvalue weighted by Crippen LogP contribution is 2.42. The third-order valence-electron chi connectivity index (χ3n) is 3.91. The van der Waals surface area contributed by atoms with Crippen LogP contribution in [0.5, 0.6) is 0 Å². The summed E-state index contributed by atoms with van der Waals surface area (Å²) in [5.74, 6) is 0.0705. The first kappa shape index (κ1) is 15.9. The van der Waals surface area contributed by atoms with Gasteiger partial charge in [0, 0.05) is 18.0 Å². The lowest BCUT2D eigenvalue weighted by atomic mass is 9.95. The minimum atomic E-state index is -0.519. The summed E-state index contributed by atoms with van der Waals surface area (Å²) >= 11 is 5.82. The molecular formula is C19H20ClNO2. The number of hydrogen-bond acceptors (Lipinski definition) is 2. The highest BCUT2D eigenvalue weighted by molar-refractivity contribution is 6.25. The molecule has 0 radical (unpaired) electrons. The Labute approximate surface area is 141 Å². The van der Waals surface area contributed by atoms with Gasteiger partial charge >= 0.3 is 6.09 Å². The summed E-state index contributed by atoms with van der Waals surface area (Å²) in [6.45, 7) is 6.16. The average Bonchev–Trinajstić information content (AvgIpc) is 2.85. The summed E-state index contributed by atoms with van der Waals surface area (Å²) in [6, 6.07) is 12.2. The van der Waals surface area contributed by atoms with Gasteiger partial charge in [-0.05, 0) is 43.2 Å². The summed E-state index contributed by atoms with van der Waals surface area (Å²) in [5.41, 5.74) is 3.03. The molecule has 0 spiro atoms. The Morgan fingerprint density at radius 3 is 2.70 bits per heavy atom. The molecule has 0 aromatic heterocycles. The van der Waals surface area contributed by atoms with E-state index in [1.54, 1.807) is 4.90 Å². The molecule has 3 nitrogen and oxygen atoms in total. The second-order valence-electron chi connectivity index (χ2n) is 6.74. The predicted octanol–water partition coefficient (Wildman–Crippen LogP) is 5.43. The zero-order valence-electron chi connectivity index (χ0n) is 13.5. The number of amides is 1. The fourth-order valence-electron chi connectivity index (χ4n) is 3.03. The zero-order valence-corrected chi connectivity index (χ0v) is 14.3. The predicted molar refractivity (Wildman–Crippen MR) is 95.3 cm³/mol. The van der Waals surface area contributed by atoms with E-state index in [4.69, 9.17) is 16.3 Å². The average molecular weight is 330 g/mol. The van der Waals surface area contributed by atoms with E-state index in [1.165, 1.54) is 5.54 Å². The minimum Gasteiger partial charge on any atom is -0.443 e. The van der Waals surface area contributed by atoms with Gasteiger partial charge in [-0.15, -0.1) is 0 Å². The topological polar surface area (TPSA) is 29.5 Å². The molecule has 0 saturated heterocycles. The van der Waals surface area contributed by atoms with Crippen LogP contribution in [0.4, 0.5) is 10.5 Å². The van der Waals surface area contributed by atoms with Gasteiger partial charge in [-0.1, -0.05) is 48.0 Å². The fourth-order valence-corrected chi connectivity index (χ4v) is 3.21. The van der Waals surface area contributed by atoms with Crippen molar-refractivity contribution in [3.63, 3.8) is 0 Å². The molecule has 120 valence electrons. The van der Waals surface area contributed by atoms with Crippen LogP contribution in [0.3, 0.4) is 0 Å². The van der Waals surface area contributed by atoms with Gasteiger partial charge in [0.05, 0.1) is 5.69 Å². The van der Waals surface area contributed by atoms with Crippen LogP contribution >= 0.6 is 11.6 Å². The molecule has 4 heteroatoms. The van der Waals surface area contributed by atoms with Crippen LogP contribution in [0.15, 0.2) is 48.0 Å². The summed E-state index contributed by atoms with van der Waals surface area (Å²) < 4.78 is 5.55. The maximum atomic E-state index is 12.6. The van der Waals surface area contributed by atoms with Crippen molar-refractivity contribution in [1.82, 2.24) is 0 Å². The van der Waals surface area contributed by atoms with Gasteiger partial charge in [-0.2, -0.15) is 0 Å². The van der Waals surface area contributed by atoms with Crippen molar-refractivity contribution in [1.29, 1.82) is 0 Å². The smallest absolute Gasteiger partial charge is 0.414 e. The molecule has 0 bridgehead atoms. The molecule has 2 aromatic rings. The molecule has 1 aliphatic rings. The lowest BCUT2D eigenvalue weighted by molar-refractivity contribution is 0.0583. The molecule has 0 fully saturated rings. The highest BCUT2D eigenvalue weighted by Gasteiger charge is 2.34. The number of ether oxygens (including phenoxy) is 1. The minimum absolute atomic E-state index is 0.0705. The molecule has 3 rings (SSSR count). The Morgan fingerprint density at radius 2 is 2.00 bits per heavy atom. The van der Waals surface area contributed by atoms with E-state index >= 15 is 0 Å². The maximum Gasteiger partial charge on any atom is 0.414 e. The van der Waals surface area contributed by atoms with Crippen LogP contribution in [0.1, 0.15) is 32.3 Å². The monoisotopic (exact) mass is 329 g/mol. The molecule has 23 heavy (non-hydrogen) atoms. The normalized spacial score (nSPS) is 17.7. The quantitative estimate of drug-likeness (QED) is 0.698. The van der Waals surface area contributed by atoms with E-state index in [0.717, 1.165) is 22.0 Å². The molecule has 1 aliphatic heterocycles. The van der Waals surface area contributed by atoms with Gasteiger partial charge < -0.3 is 4.74 Å². The number of carbonyl (C=O) groups is 1. The number of anilines is 1. The molecular weight excluding hydrogens is 310 g/mol. The first-order chi connectivity index (χ1) is 10.9. The van der Waals surface area contributed by atoms with Gasteiger partial charge in [0.25, 0.3) is 0 Å². The molecule has 0 saturated carbocycles. The second-order valence-corrected chi connectivity index (χ2v) is 6.99. The SMILES string of the molecule is CC(C)(C)OC(=O)N1C[C@@H](/C=C/Cl)c2c1ccc1ccccc21. The van der Waals surface area contributed by atoms with Gasteiger partial charge in [-0.25, -0.2) is 4.79 Å². The number of hydrogen-bond donors (Lipinski definition) is 0. The standard InChI is InChI=1S/C19H20ClNO2/c1-19(2,3)23-18(22)21-12-14(10-11-20)17-15-7-5-4-6-13(15)8-9-16(17)21/h4-11,14H,12H2,1-3H3/b11-10+/t14-/m1/s1. The molecule has 0 unspecified atom stereocenters. The first-order valence-corrected chi connectivity index (χ1v) is 8.13. The molecule has 2 aromatic carbocycles. The largest absolute Gasteiger partial charge is 0.443 e. The summed E-state index contributed by atoms with van der Waals surface area (Å²) in [5, 5.41) is 2.31. The zero-order chi connectivity index (χ0) is 16.6. The maximum absolute atomic E-state index is 12.6. The number of halogens is 1. The van der Waals surface area contributed by atoms with Crippen LogP contribution < -0.4 is 4.90 Å². The summed E-state index contributed by atoms with van der Waals surface area (Å²) in [4.78, 5) is 14.3. The van der Waals surface area contributed by atoms with E-state index < -0.39 is 5.60 Å². The van der Waals surface area contributed by atoms with E-state index in [9.17, 15) is 4.79 Å². The van der Waals surface area contributed by atoms with E-state index in [0.29, 0.717) is 6.54 Å². The molecule has 0 aliphatic carbocycles. The van der Waals surface area contributed by atoms with Crippen LogP contribution in [-0.2, 0) is 4.74 Å². The second kappa shape index (κ2) is 5.89. The van der Waals surface area contributed by atoms with Gasteiger partial charge in [0.15, 0.2) is 0 Å². The summed E-state index contributed by atoms with van der Waals surface area (Å²) in [6.07, 6.45) is 1.61. The lowest BCUT2D eigenvalue weighted by Crippen LogP contribution is -2.36. The number of nitrogens with zero attached hydrogens (tertiary/aromatic N) is 1. The molecule has 1 atom stereocenters. The van der Waals surface area contributed by atoms with Gasteiger partial charge in [0.2, 0.25) is 0 Å². The molecule has 1 heterocycles. The van der Waals surface area contributed by atoms with Crippen LogP contribution in [0.25, 0.3) is 10.8 Å². The molecule has 0 N–H and O–H groups in total. The van der Waals surface area contributed by atoms with Gasteiger partial charge in [0.1, 0.15) is 5.60 Å². The van der Waals surface area contributed by atoms with Crippen molar-refractivity contribution in [2.24, 2.45) is 0 Å². The van der Waals surface area contributed by atoms with E-state index in [-0.39, 0.29) is 12.0 Å². The Hall–Kier alpha value is -2.00. The molecule has 1 amide bonds. The number of carbonyl (C=O) groups excluding carboxylic acids is 1. The van der Waals surface area contributed by atoms with Crippen LogP contribution in [0, 0.1) is 0 Å². The van der Waals surface area contributed by atoms with Crippen molar-refractivity contribution in [2.75, 3.05) is 11.4 Å². The third kappa shape index (κ3) is 3.06. The van der Waals surface area contributed by atoms with Crippen molar-refractivity contribution in [3.05, 3.63) is 53.6 Å². The van der Waals surface area contributed by atoms with E-state index in [2.05, 4.69) is 12.1 Å². The van der Waals surface area contributed by atoms with E-state index in [1.807, 2.05) is 51.1 Å². The Kier molecular flexibility index (Phi) is 4.07. The number of rotatable bonds is 1. The van der Waals surface area contributed by atoms with Crippen molar-refractivity contribution >= 4 is 34.2 Å². The first-order valence-electron chi connectivity index (χ1n) is 7.70. The van der Waals surface area contributed by atoms with Crippen molar-refractivity contribution < 1.29 is 9.53 Å². The fraction of sp³-hybridized carbons (Fsp3) is 0.316. The van der Waals surface area contributed by atoms with Crippen molar-refractivity contribution in [2.45, 2.75) is 32.3 Å².